The molecule has 0 aliphatic heterocycles. The predicted molar refractivity (Wildman–Crippen MR) is 91.5 cm³/mol. The van der Waals surface area contributed by atoms with Crippen LogP contribution in [0.15, 0.2) is 0 Å². The zero-order valence-electron chi connectivity index (χ0n) is 16.4. The first-order valence-electron chi connectivity index (χ1n) is 8.12. The number of hydrogen-bond donors (Lipinski definition) is 0. The minimum absolute atomic E-state index is 0.211. The van der Waals surface area contributed by atoms with Gasteiger partial charge in [0.15, 0.2) is 0 Å². The largest absolute Gasteiger partial charge is 0.467 e. The van der Waals surface area contributed by atoms with Crippen molar-refractivity contribution in [2.24, 2.45) is 5.92 Å². The van der Waals surface area contributed by atoms with Crippen molar-refractivity contribution in [2.75, 3.05) is 21.2 Å². The maximum atomic E-state index is 12.7. The molecule has 0 N–H and O–H groups in total. The van der Waals surface area contributed by atoms with Gasteiger partial charge in [0.05, 0.1) is 7.11 Å². The number of methoxy groups -OCH3 is 1. The van der Waals surface area contributed by atoms with E-state index in [1.54, 1.807) is 34.7 Å². The fourth-order valence-electron chi connectivity index (χ4n) is 2.10. The summed E-state index contributed by atoms with van der Waals surface area (Å²) in [7, 11) is 4.34. The number of ether oxygens (including phenoxy) is 2. The molecule has 7 heteroatoms. The molecule has 0 spiro atoms. The first-order chi connectivity index (χ1) is 10.8. The van der Waals surface area contributed by atoms with Crippen molar-refractivity contribution in [3.63, 3.8) is 0 Å². The van der Waals surface area contributed by atoms with Gasteiger partial charge >= 0.3 is 12.1 Å². The highest BCUT2D eigenvalue weighted by atomic mass is 16.6. The zero-order chi connectivity index (χ0) is 19.2. The average Bonchev–Trinajstić information content (AvgIpc) is 2.46. The standard InChI is InChI=1S/C17H32N2O5/c1-11(2)10-13(15(21)23-9)19(8)14(20)12(3)18(7)16(22)24-17(4,5)6/h11-13H,10H2,1-9H3/t12-,13-/m0/s1. The third-order valence-electron chi connectivity index (χ3n) is 3.60. The van der Waals surface area contributed by atoms with E-state index < -0.39 is 29.7 Å². The molecular formula is C17H32N2O5. The summed E-state index contributed by atoms with van der Waals surface area (Å²) < 4.78 is 10.1. The Morgan fingerprint density at radius 3 is 1.88 bits per heavy atom. The summed E-state index contributed by atoms with van der Waals surface area (Å²) in [6, 6.07) is -1.44. The Morgan fingerprint density at radius 2 is 1.50 bits per heavy atom. The Kier molecular flexibility index (Phi) is 8.23. The number of esters is 1. The lowest BCUT2D eigenvalue weighted by molar-refractivity contribution is -0.153. The van der Waals surface area contributed by atoms with E-state index in [1.807, 2.05) is 13.8 Å². The first-order valence-corrected chi connectivity index (χ1v) is 8.12. The van der Waals surface area contributed by atoms with Gasteiger partial charge in [-0.15, -0.1) is 0 Å². The van der Waals surface area contributed by atoms with Gasteiger partial charge < -0.3 is 14.4 Å². The lowest BCUT2D eigenvalue weighted by Gasteiger charge is -2.33. The minimum Gasteiger partial charge on any atom is -0.467 e. The van der Waals surface area contributed by atoms with E-state index in [0.29, 0.717) is 6.42 Å². The van der Waals surface area contributed by atoms with Gasteiger partial charge in [-0.2, -0.15) is 0 Å². The quantitative estimate of drug-likeness (QED) is 0.691. The summed E-state index contributed by atoms with van der Waals surface area (Å²) in [6.45, 7) is 10.8. The van der Waals surface area contributed by atoms with E-state index >= 15 is 0 Å². The Balaban J connectivity index is 5.13. The molecule has 0 bridgehead atoms. The maximum absolute atomic E-state index is 12.7. The van der Waals surface area contributed by atoms with Crippen LogP contribution < -0.4 is 0 Å². The molecule has 0 saturated carbocycles. The fraction of sp³-hybridized carbons (Fsp3) is 0.824. The molecule has 0 aromatic carbocycles. The molecule has 0 radical (unpaired) electrons. The summed E-state index contributed by atoms with van der Waals surface area (Å²) in [5.74, 6) is -0.602. The van der Waals surface area contributed by atoms with Crippen LogP contribution in [0.5, 0.6) is 0 Å². The Morgan fingerprint density at radius 1 is 1.00 bits per heavy atom. The third kappa shape index (κ3) is 6.76. The van der Waals surface area contributed by atoms with Crippen LogP contribution >= 0.6 is 0 Å². The molecule has 0 unspecified atom stereocenters. The topological polar surface area (TPSA) is 76.2 Å². The second-order valence-corrected chi connectivity index (χ2v) is 7.38. The van der Waals surface area contributed by atoms with Crippen molar-refractivity contribution < 1.29 is 23.9 Å². The maximum Gasteiger partial charge on any atom is 0.410 e. The van der Waals surface area contributed by atoms with Crippen LogP contribution in [0.2, 0.25) is 0 Å². The smallest absolute Gasteiger partial charge is 0.410 e. The van der Waals surface area contributed by atoms with E-state index in [2.05, 4.69) is 0 Å². The zero-order valence-corrected chi connectivity index (χ0v) is 16.4. The number of amides is 2. The molecular weight excluding hydrogens is 312 g/mol. The Labute approximate surface area is 145 Å². The van der Waals surface area contributed by atoms with Crippen LogP contribution in [0.1, 0.15) is 48.0 Å². The molecule has 0 aromatic rings. The number of carbonyl (C=O) groups excluding carboxylic acids is 3. The van der Waals surface area contributed by atoms with Crippen LogP contribution in [-0.4, -0.2) is 66.7 Å². The molecule has 24 heavy (non-hydrogen) atoms. The van der Waals surface area contributed by atoms with Crippen molar-refractivity contribution in [1.29, 1.82) is 0 Å². The molecule has 2 amide bonds. The summed E-state index contributed by atoms with van der Waals surface area (Å²) >= 11 is 0. The molecule has 7 nitrogen and oxygen atoms in total. The van der Waals surface area contributed by atoms with Gasteiger partial charge in [-0.3, -0.25) is 9.69 Å². The average molecular weight is 344 g/mol. The van der Waals surface area contributed by atoms with E-state index in [1.165, 1.54) is 24.0 Å². The number of likely N-dealkylation sites (N-methyl/N-ethyl adjacent to an activating group) is 2. The Hall–Kier alpha value is -1.79. The van der Waals surface area contributed by atoms with Crippen molar-refractivity contribution in [1.82, 2.24) is 9.80 Å². The van der Waals surface area contributed by atoms with Crippen LogP contribution in [0.25, 0.3) is 0 Å². The van der Waals surface area contributed by atoms with E-state index in [9.17, 15) is 14.4 Å². The SMILES string of the molecule is COC(=O)[C@H](CC(C)C)N(C)C(=O)[C@H](C)N(C)C(=O)OC(C)(C)C. The molecule has 0 heterocycles. The van der Waals surface area contributed by atoms with Gasteiger partial charge in [0.1, 0.15) is 17.7 Å². The molecule has 0 aliphatic carbocycles. The molecule has 0 fully saturated rings. The van der Waals surface area contributed by atoms with Gasteiger partial charge in [-0.05, 0) is 40.0 Å². The normalized spacial score (nSPS) is 13.9. The molecule has 0 aromatic heterocycles. The molecule has 2 atom stereocenters. The van der Waals surface area contributed by atoms with Crippen LogP contribution in [-0.2, 0) is 19.1 Å². The first kappa shape index (κ1) is 22.2. The van der Waals surface area contributed by atoms with Gasteiger partial charge in [0, 0.05) is 14.1 Å². The van der Waals surface area contributed by atoms with E-state index in [4.69, 9.17) is 9.47 Å². The van der Waals surface area contributed by atoms with Crippen LogP contribution in [0, 0.1) is 5.92 Å². The molecule has 0 aliphatic rings. The van der Waals surface area contributed by atoms with E-state index in [0.717, 1.165) is 0 Å². The van der Waals surface area contributed by atoms with Crippen molar-refractivity contribution in [3.8, 4) is 0 Å². The van der Waals surface area contributed by atoms with Crippen LogP contribution in [0.3, 0.4) is 0 Å². The summed E-state index contributed by atoms with van der Waals surface area (Å²) in [6.07, 6.45) is -0.104. The minimum atomic E-state index is -0.760. The van der Waals surface area contributed by atoms with Crippen molar-refractivity contribution in [2.45, 2.75) is 65.6 Å². The highest BCUT2D eigenvalue weighted by Crippen LogP contribution is 2.16. The monoisotopic (exact) mass is 344 g/mol. The predicted octanol–water partition coefficient (Wildman–Crippen LogP) is 2.29. The van der Waals surface area contributed by atoms with Crippen LogP contribution in [0.4, 0.5) is 4.79 Å². The summed E-state index contributed by atoms with van der Waals surface area (Å²) in [4.78, 5) is 39.3. The highest BCUT2D eigenvalue weighted by molar-refractivity contribution is 5.89. The lowest BCUT2D eigenvalue weighted by Crippen LogP contribution is -2.52. The number of carbonyl (C=O) groups is 3. The van der Waals surface area contributed by atoms with E-state index in [-0.39, 0.29) is 11.8 Å². The van der Waals surface area contributed by atoms with Gasteiger partial charge in [0.2, 0.25) is 5.91 Å². The highest BCUT2D eigenvalue weighted by Gasteiger charge is 2.34. The van der Waals surface area contributed by atoms with Crippen molar-refractivity contribution >= 4 is 18.0 Å². The number of hydrogen-bond acceptors (Lipinski definition) is 5. The fourth-order valence-corrected chi connectivity index (χ4v) is 2.10. The summed E-state index contributed by atoms with van der Waals surface area (Å²) in [5, 5.41) is 0. The van der Waals surface area contributed by atoms with Gasteiger partial charge in [-0.25, -0.2) is 9.59 Å². The Bertz CT molecular complexity index is 456. The second-order valence-electron chi connectivity index (χ2n) is 7.38. The third-order valence-corrected chi connectivity index (χ3v) is 3.60. The lowest BCUT2D eigenvalue weighted by atomic mass is 10.0. The molecule has 140 valence electrons. The van der Waals surface area contributed by atoms with Crippen molar-refractivity contribution in [3.05, 3.63) is 0 Å². The number of rotatable bonds is 6. The second kappa shape index (κ2) is 8.89. The van der Waals surface area contributed by atoms with Gasteiger partial charge in [0.25, 0.3) is 0 Å². The number of nitrogens with zero attached hydrogens (tertiary/aromatic N) is 2. The summed E-state index contributed by atoms with van der Waals surface area (Å²) in [5.41, 5.74) is -0.647. The molecule has 0 saturated heterocycles. The van der Waals surface area contributed by atoms with Gasteiger partial charge in [-0.1, -0.05) is 13.8 Å². The molecule has 0 rings (SSSR count).